The van der Waals surface area contributed by atoms with Crippen LogP contribution in [0.4, 0.5) is 0 Å². The first kappa shape index (κ1) is 15.1. The molecule has 2 aromatic rings. The van der Waals surface area contributed by atoms with Gasteiger partial charge in [-0.05, 0) is 24.7 Å². The van der Waals surface area contributed by atoms with Crippen molar-refractivity contribution in [3.05, 3.63) is 83.9 Å². The molecule has 1 fully saturated rings. The van der Waals surface area contributed by atoms with E-state index in [0.717, 1.165) is 12.8 Å². The van der Waals surface area contributed by atoms with E-state index in [1.807, 2.05) is 60.7 Å². The summed E-state index contributed by atoms with van der Waals surface area (Å²) in [6, 6.07) is 18.8. The number of carbonyl (C=O) groups excluding carboxylic acids is 2. The van der Waals surface area contributed by atoms with E-state index in [1.54, 1.807) is 0 Å². The lowest BCUT2D eigenvalue weighted by Crippen LogP contribution is -2.45. The van der Waals surface area contributed by atoms with Gasteiger partial charge >= 0.3 is 0 Å². The maximum atomic E-state index is 13.1. The molecule has 2 nitrogen and oxygen atoms in total. The van der Waals surface area contributed by atoms with E-state index in [4.69, 9.17) is 0 Å². The Hall–Kier alpha value is -2.48. The maximum Gasteiger partial charge on any atom is 0.167 e. The molecule has 3 aliphatic rings. The number of hydrogen-bond acceptors (Lipinski definition) is 2. The monoisotopic (exact) mass is 316 g/mol. The number of fused-ring (bicyclic) bond motifs is 2. The van der Waals surface area contributed by atoms with Crippen molar-refractivity contribution in [3.63, 3.8) is 0 Å². The first-order valence-electron chi connectivity index (χ1n) is 8.62. The van der Waals surface area contributed by atoms with Gasteiger partial charge < -0.3 is 0 Å². The molecule has 3 aliphatic carbocycles. The van der Waals surface area contributed by atoms with Crippen LogP contribution in [0, 0.1) is 23.7 Å². The van der Waals surface area contributed by atoms with Crippen molar-refractivity contribution in [2.75, 3.05) is 0 Å². The number of Topliss-reactive ketones (excluding diaryl/α,β-unsaturated/α-hetero) is 2. The van der Waals surface area contributed by atoms with Crippen LogP contribution in [0.5, 0.6) is 0 Å². The van der Waals surface area contributed by atoms with Crippen LogP contribution in [-0.4, -0.2) is 11.6 Å². The number of ketones is 2. The van der Waals surface area contributed by atoms with Gasteiger partial charge in [0.25, 0.3) is 0 Å². The minimum atomic E-state index is -0.233. The molecule has 1 saturated carbocycles. The lowest BCUT2D eigenvalue weighted by Gasteiger charge is -2.43. The molecule has 0 N–H and O–H groups in total. The molecule has 4 atom stereocenters. The first-order valence-corrected chi connectivity index (χ1v) is 8.62. The molecule has 0 aromatic heterocycles. The van der Waals surface area contributed by atoms with Crippen LogP contribution in [0.15, 0.2) is 72.8 Å². The second-order valence-corrected chi connectivity index (χ2v) is 6.80. The van der Waals surface area contributed by atoms with Crippen LogP contribution in [0.1, 0.15) is 33.6 Å². The lowest BCUT2D eigenvalue weighted by atomic mass is 9.58. The Balaban J connectivity index is 1.72. The summed E-state index contributed by atoms with van der Waals surface area (Å²) in [5.74, 6) is 0.126. The average Bonchev–Trinajstić information content (AvgIpc) is 2.68. The summed E-state index contributed by atoms with van der Waals surface area (Å²) in [5, 5.41) is 0. The molecule has 0 heterocycles. The van der Waals surface area contributed by atoms with Gasteiger partial charge in [-0.3, -0.25) is 9.59 Å². The summed E-state index contributed by atoms with van der Waals surface area (Å²) < 4.78 is 0. The topological polar surface area (TPSA) is 34.1 Å². The van der Waals surface area contributed by atoms with Crippen LogP contribution >= 0.6 is 0 Å². The van der Waals surface area contributed by atoms with Gasteiger partial charge in [0.2, 0.25) is 0 Å². The van der Waals surface area contributed by atoms with E-state index in [-0.39, 0.29) is 35.2 Å². The summed E-state index contributed by atoms with van der Waals surface area (Å²) in [5.41, 5.74) is 1.43. The van der Waals surface area contributed by atoms with Crippen LogP contribution in [0.3, 0.4) is 0 Å². The number of hydrogen-bond donors (Lipinski definition) is 0. The third-order valence-electron chi connectivity index (χ3n) is 5.47. The second-order valence-electron chi connectivity index (χ2n) is 6.80. The van der Waals surface area contributed by atoms with Gasteiger partial charge in [-0.15, -0.1) is 0 Å². The predicted octanol–water partition coefficient (Wildman–Crippen LogP) is 4.58. The minimum absolute atomic E-state index is 0.115. The van der Waals surface area contributed by atoms with Gasteiger partial charge in [0.1, 0.15) is 0 Å². The van der Waals surface area contributed by atoms with Crippen LogP contribution in [-0.2, 0) is 0 Å². The largest absolute Gasteiger partial charge is 0.294 e. The molecule has 120 valence electrons. The van der Waals surface area contributed by atoms with Gasteiger partial charge in [-0.2, -0.15) is 0 Å². The molecule has 5 rings (SSSR count). The Morgan fingerprint density at radius 1 is 0.625 bits per heavy atom. The van der Waals surface area contributed by atoms with Gasteiger partial charge in [0.15, 0.2) is 11.6 Å². The van der Waals surface area contributed by atoms with E-state index in [2.05, 4.69) is 12.2 Å². The highest BCUT2D eigenvalue weighted by atomic mass is 16.1. The van der Waals surface area contributed by atoms with Gasteiger partial charge in [-0.25, -0.2) is 0 Å². The summed E-state index contributed by atoms with van der Waals surface area (Å²) in [4.78, 5) is 26.3. The molecule has 0 radical (unpaired) electrons. The standard InChI is InChI=1S/C22H20O2/c23-21(17-7-3-1-4-8-17)19-15-11-13-16(14-12-15)20(19)22(24)18-9-5-2-6-10-18/h1-11,13,15-16,19-20H,12,14H2. The fraction of sp³-hybridized carbons (Fsp3) is 0.273. The summed E-state index contributed by atoms with van der Waals surface area (Å²) >= 11 is 0. The van der Waals surface area contributed by atoms with Crippen molar-refractivity contribution in [2.45, 2.75) is 12.8 Å². The Kier molecular flexibility index (Phi) is 3.89. The molecule has 2 aromatic carbocycles. The maximum absolute atomic E-state index is 13.1. The average molecular weight is 316 g/mol. The Morgan fingerprint density at radius 3 is 1.33 bits per heavy atom. The molecule has 4 unspecified atom stereocenters. The molecular weight excluding hydrogens is 296 g/mol. The molecule has 0 amide bonds. The van der Waals surface area contributed by atoms with Crippen molar-refractivity contribution in [1.29, 1.82) is 0 Å². The smallest absolute Gasteiger partial charge is 0.167 e. The van der Waals surface area contributed by atoms with Gasteiger partial charge in [0.05, 0.1) is 0 Å². The van der Waals surface area contributed by atoms with E-state index in [1.165, 1.54) is 0 Å². The third kappa shape index (κ3) is 2.52. The van der Waals surface area contributed by atoms with Gasteiger partial charge in [-0.1, -0.05) is 72.8 Å². The molecule has 2 bridgehead atoms. The van der Waals surface area contributed by atoms with Crippen molar-refractivity contribution in [2.24, 2.45) is 23.7 Å². The predicted molar refractivity (Wildman–Crippen MR) is 93.9 cm³/mol. The number of carbonyl (C=O) groups is 2. The SMILES string of the molecule is O=C(c1ccccc1)C1C2C=CC(CC2)C1C(=O)c1ccccc1. The second kappa shape index (κ2) is 6.20. The molecule has 0 aliphatic heterocycles. The molecule has 0 saturated heterocycles. The molecular formula is C22H20O2. The highest BCUT2D eigenvalue weighted by molar-refractivity contribution is 6.05. The summed E-state index contributed by atoms with van der Waals surface area (Å²) in [7, 11) is 0. The summed E-state index contributed by atoms with van der Waals surface area (Å²) in [6.45, 7) is 0. The minimum Gasteiger partial charge on any atom is -0.294 e. The van der Waals surface area contributed by atoms with Crippen LogP contribution in [0.2, 0.25) is 0 Å². The number of allylic oxidation sites excluding steroid dienone is 2. The normalized spacial score (nSPS) is 27.8. The van der Waals surface area contributed by atoms with Gasteiger partial charge in [0, 0.05) is 23.0 Å². The van der Waals surface area contributed by atoms with Crippen molar-refractivity contribution < 1.29 is 9.59 Å². The number of rotatable bonds is 4. The first-order chi connectivity index (χ1) is 11.8. The fourth-order valence-electron chi connectivity index (χ4n) is 4.30. The molecule has 0 spiro atoms. The van der Waals surface area contributed by atoms with E-state index >= 15 is 0 Å². The molecule has 24 heavy (non-hydrogen) atoms. The quantitative estimate of drug-likeness (QED) is 0.611. The van der Waals surface area contributed by atoms with Crippen molar-refractivity contribution in [1.82, 2.24) is 0 Å². The Bertz CT molecular complexity index is 709. The third-order valence-corrected chi connectivity index (χ3v) is 5.47. The highest BCUT2D eigenvalue weighted by Gasteiger charge is 2.47. The van der Waals surface area contributed by atoms with Crippen LogP contribution in [0.25, 0.3) is 0 Å². The van der Waals surface area contributed by atoms with E-state index in [9.17, 15) is 9.59 Å². The highest BCUT2D eigenvalue weighted by Crippen LogP contribution is 2.47. The number of benzene rings is 2. The zero-order chi connectivity index (χ0) is 16.5. The zero-order valence-electron chi connectivity index (χ0n) is 13.5. The van der Waals surface area contributed by atoms with E-state index < -0.39 is 0 Å². The Morgan fingerprint density at radius 2 is 1.00 bits per heavy atom. The van der Waals surface area contributed by atoms with E-state index in [0.29, 0.717) is 11.1 Å². The van der Waals surface area contributed by atoms with Crippen molar-refractivity contribution in [3.8, 4) is 0 Å². The molecule has 2 heteroatoms. The lowest BCUT2D eigenvalue weighted by molar-refractivity contribution is 0.0554. The Labute approximate surface area is 142 Å². The zero-order valence-corrected chi connectivity index (χ0v) is 13.5. The van der Waals surface area contributed by atoms with Crippen LogP contribution < -0.4 is 0 Å². The van der Waals surface area contributed by atoms with Crippen molar-refractivity contribution >= 4 is 11.6 Å². The fourth-order valence-corrected chi connectivity index (χ4v) is 4.30. The summed E-state index contributed by atoms with van der Waals surface area (Å²) in [6.07, 6.45) is 6.33.